The molecular weight excluding hydrogens is 452 g/mol. The zero-order valence-electron chi connectivity index (χ0n) is 18.0. The lowest BCUT2D eigenvalue weighted by atomic mass is 10.00. The van der Waals surface area contributed by atoms with E-state index in [1.54, 1.807) is 19.3 Å². The fourth-order valence-electron chi connectivity index (χ4n) is 3.24. The molecule has 174 valence electrons. The molecule has 3 aromatic rings. The second-order valence-electron chi connectivity index (χ2n) is 7.24. The summed E-state index contributed by atoms with van der Waals surface area (Å²) in [6, 6.07) is 3.36. The van der Waals surface area contributed by atoms with E-state index in [2.05, 4.69) is 20.0 Å². The van der Waals surface area contributed by atoms with Crippen molar-refractivity contribution in [2.24, 2.45) is 0 Å². The van der Waals surface area contributed by atoms with Gasteiger partial charge in [-0.2, -0.15) is 0 Å². The van der Waals surface area contributed by atoms with Gasteiger partial charge in [0, 0.05) is 53.9 Å². The van der Waals surface area contributed by atoms with E-state index in [0.717, 1.165) is 18.3 Å². The molecule has 11 heteroatoms. The van der Waals surface area contributed by atoms with Gasteiger partial charge in [0.25, 0.3) is 0 Å². The molecule has 2 aromatic heterocycles. The number of unbranched alkanes of at least 4 members (excludes halogenated alkanes) is 1. The molecule has 4 N–H and O–H groups in total. The van der Waals surface area contributed by atoms with Gasteiger partial charge in [0.1, 0.15) is 11.5 Å². The summed E-state index contributed by atoms with van der Waals surface area (Å²) in [5.41, 5.74) is -0.121. The number of H-pyrrole nitrogens is 1. The van der Waals surface area contributed by atoms with Crippen molar-refractivity contribution in [1.82, 2.24) is 15.3 Å². The number of hydrogen-bond donors (Lipinski definition) is 4. The zero-order valence-corrected chi connectivity index (χ0v) is 18.8. The predicted octanol–water partition coefficient (Wildman–Crippen LogP) is 3.82. The Morgan fingerprint density at radius 3 is 2.73 bits per heavy atom. The molecular formula is C22H23F2N5O3S. The average Bonchev–Trinajstić information content (AvgIpc) is 3.21. The molecule has 0 spiro atoms. The molecule has 0 fully saturated rings. The fourth-order valence-corrected chi connectivity index (χ4v) is 4.50. The highest BCUT2D eigenvalue weighted by Gasteiger charge is 2.26. The summed E-state index contributed by atoms with van der Waals surface area (Å²) in [6.07, 6.45) is 6.43. The molecule has 8 nitrogen and oxygen atoms in total. The van der Waals surface area contributed by atoms with E-state index < -0.39 is 38.7 Å². The van der Waals surface area contributed by atoms with Crippen molar-refractivity contribution in [3.8, 4) is 0 Å². The number of nitrogens with zero attached hydrogens (tertiary/aromatic N) is 1. The van der Waals surface area contributed by atoms with Crippen LogP contribution in [0.2, 0.25) is 0 Å². The number of halogens is 2. The number of allylic oxidation sites excluding steroid dienone is 1. The van der Waals surface area contributed by atoms with Crippen molar-refractivity contribution in [3.63, 3.8) is 0 Å². The molecule has 0 bridgehead atoms. The van der Waals surface area contributed by atoms with Gasteiger partial charge in [-0.25, -0.2) is 22.2 Å². The Kier molecular flexibility index (Phi) is 7.22. The summed E-state index contributed by atoms with van der Waals surface area (Å²) < 4.78 is 56.1. The highest BCUT2D eigenvalue weighted by atomic mass is 32.2. The normalized spacial score (nSPS) is 12.1. The van der Waals surface area contributed by atoms with Crippen LogP contribution in [0.4, 0.5) is 14.5 Å². The fraction of sp³-hybridized carbons (Fsp3) is 0.227. The number of carbonyl (C=O) groups excluding carboxylic acids is 1. The number of ketones is 1. The Balaban J connectivity index is 2.07. The van der Waals surface area contributed by atoms with Crippen LogP contribution < -0.4 is 10.0 Å². The first-order valence-electron chi connectivity index (χ1n) is 10.1. The minimum atomic E-state index is -3.86. The Hall–Kier alpha value is -3.60. The lowest BCUT2D eigenvalue weighted by Gasteiger charge is -2.11. The van der Waals surface area contributed by atoms with Crippen molar-refractivity contribution in [1.29, 1.82) is 5.41 Å². The van der Waals surface area contributed by atoms with Crippen molar-refractivity contribution < 1.29 is 22.0 Å². The molecule has 0 aliphatic heterocycles. The molecule has 1 aromatic carbocycles. The van der Waals surface area contributed by atoms with Gasteiger partial charge in [0.2, 0.25) is 15.8 Å². The third-order valence-corrected chi connectivity index (χ3v) is 6.27. The van der Waals surface area contributed by atoms with Gasteiger partial charge in [0.05, 0.1) is 17.0 Å². The molecule has 0 radical (unpaired) electrons. The highest BCUT2D eigenvalue weighted by molar-refractivity contribution is 7.92. The first kappa shape index (κ1) is 24.1. The quantitative estimate of drug-likeness (QED) is 0.262. The van der Waals surface area contributed by atoms with Gasteiger partial charge >= 0.3 is 0 Å². The topological polar surface area (TPSA) is 128 Å². The van der Waals surface area contributed by atoms with Crippen LogP contribution in [0.15, 0.2) is 36.8 Å². The summed E-state index contributed by atoms with van der Waals surface area (Å²) >= 11 is 0. The molecule has 0 aliphatic rings. The Morgan fingerprint density at radius 2 is 2.06 bits per heavy atom. The van der Waals surface area contributed by atoms with Gasteiger partial charge in [0.15, 0.2) is 5.82 Å². The molecule has 33 heavy (non-hydrogen) atoms. The maximum atomic E-state index is 15.1. The van der Waals surface area contributed by atoms with Crippen LogP contribution in [0.25, 0.3) is 16.6 Å². The first-order chi connectivity index (χ1) is 15.7. The summed E-state index contributed by atoms with van der Waals surface area (Å²) in [7, 11) is -2.20. The number of anilines is 1. The summed E-state index contributed by atoms with van der Waals surface area (Å²) in [5.74, 6) is -3.62. The van der Waals surface area contributed by atoms with E-state index in [-0.39, 0.29) is 11.3 Å². The molecule has 3 rings (SSSR count). The van der Waals surface area contributed by atoms with E-state index in [9.17, 15) is 17.6 Å². The van der Waals surface area contributed by atoms with Gasteiger partial charge < -0.3 is 15.7 Å². The Morgan fingerprint density at radius 1 is 1.30 bits per heavy atom. The third kappa shape index (κ3) is 5.08. The number of fused-ring (bicyclic) bond motifs is 1. The molecule has 0 aliphatic carbocycles. The first-order valence-corrected chi connectivity index (χ1v) is 11.8. The maximum absolute atomic E-state index is 15.1. The third-order valence-electron chi connectivity index (χ3n) is 4.91. The largest absolute Gasteiger partial charge is 0.393 e. The van der Waals surface area contributed by atoms with Crippen LogP contribution >= 0.6 is 0 Å². The second kappa shape index (κ2) is 9.90. The van der Waals surface area contributed by atoms with Crippen LogP contribution in [0.5, 0.6) is 0 Å². The number of rotatable bonds is 10. The smallest absolute Gasteiger partial charge is 0.232 e. The molecule has 0 unspecified atom stereocenters. The van der Waals surface area contributed by atoms with E-state index in [1.807, 2.05) is 6.92 Å². The summed E-state index contributed by atoms with van der Waals surface area (Å²) in [6.45, 7) is 1.81. The van der Waals surface area contributed by atoms with Crippen LogP contribution in [0, 0.1) is 17.0 Å². The van der Waals surface area contributed by atoms with Gasteiger partial charge in [-0.3, -0.25) is 9.52 Å². The van der Waals surface area contributed by atoms with E-state index >= 15 is 4.39 Å². The van der Waals surface area contributed by atoms with E-state index in [4.69, 9.17) is 5.41 Å². The van der Waals surface area contributed by atoms with Crippen LogP contribution in [0.3, 0.4) is 0 Å². The monoisotopic (exact) mass is 475 g/mol. The molecule has 0 atom stereocenters. The number of pyridine rings is 1. The van der Waals surface area contributed by atoms with Crippen molar-refractivity contribution in [3.05, 3.63) is 65.1 Å². The number of aromatic nitrogens is 2. The lowest BCUT2D eigenvalue weighted by molar-refractivity contribution is 0.103. The van der Waals surface area contributed by atoms with Crippen molar-refractivity contribution >= 4 is 44.3 Å². The Bertz CT molecular complexity index is 1350. The highest BCUT2D eigenvalue weighted by Crippen LogP contribution is 2.28. The number of carbonyl (C=O) groups is 1. The molecule has 0 amide bonds. The standard InChI is InChI=1S/C22H23F2N5O3S/c1-3-4-7-33(31,32)29-18-6-5-17(23)19(20(18)24)21(30)16-12-28-22-15(16)8-13(11-27-22)14(9-25)10-26-2/h5-6,8-12,25-26,29H,3-4,7H2,1-2H3,(H,27,28)/b14-10+,25-9?. The average molecular weight is 476 g/mol. The maximum Gasteiger partial charge on any atom is 0.232 e. The molecule has 0 saturated carbocycles. The lowest BCUT2D eigenvalue weighted by Crippen LogP contribution is -2.19. The SMILES string of the molecule is CCCCS(=O)(=O)Nc1ccc(F)c(C(=O)c2c[nH]c3ncc(/C(C=N)=C/NC)cc23)c1F. The van der Waals surface area contributed by atoms with Gasteiger partial charge in [-0.1, -0.05) is 13.3 Å². The summed E-state index contributed by atoms with van der Waals surface area (Å²) in [4.78, 5) is 20.2. The molecule has 0 saturated heterocycles. The summed E-state index contributed by atoms with van der Waals surface area (Å²) in [5, 5.41) is 10.7. The zero-order chi connectivity index (χ0) is 24.2. The molecule has 2 heterocycles. The minimum absolute atomic E-state index is 0.0445. The second-order valence-corrected chi connectivity index (χ2v) is 9.08. The number of benzene rings is 1. The van der Waals surface area contributed by atoms with Gasteiger partial charge in [-0.15, -0.1) is 0 Å². The van der Waals surface area contributed by atoms with Crippen LogP contribution in [0.1, 0.15) is 41.3 Å². The number of hydrogen-bond acceptors (Lipinski definition) is 6. The predicted molar refractivity (Wildman–Crippen MR) is 124 cm³/mol. The van der Waals surface area contributed by atoms with Crippen LogP contribution in [-0.4, -0.2) is 43.2 Å². The van der Waals surface area contributed by atoms with Crippen LogP contribution in [-0.2, 0) is 10.0 Å². The number of aromatic amines is 1. The van der Waals surface area contributed by atoms with E-state index in [0.29, 0.717) is 35.0 Å². The minimum Gasteiger partial charge on any atom is -0.393 e. The van der Waals surface area contributed by atoms with Crippen molar-refractivity contribution in [2.45, 2.75) is 19.8 Å². The van der Waals surface area contributed by atoms with Gasteiger partial charge in [-0.05, 0) is 24.6 Å². The number of nitrogens with one attached hydrogen (secondary N) is 4. The number of sulfonamides is 1. The van der Waals surface area contributed by atoms with Crippen molar-refractivity contribution in [2.75, 3.05) is 17.5 Å². The van der Waals surface area contributed by atoms with E-state index in [1.165, 1.54) is 12.4 Å². The Labute approximate surface area is 189 Å².